The maximum Gasteiger partial charge on any atom is 0.142 e. The van der Waals surface area contributed by atoms with Gasteiger partial charge in [-0.1, -0.05) is 48.5 Å². The van der Waals surface area contributed by atoms with Crippen molar-refractivity contribution in [1.29, 1.82) is 0 Å². The smallest absolute Gasteiger partial charge is 0.142 e. The minimum Gasteiger partial charge on any atom is -0.458 e. The highest BCUT2D eigenvalue weighted by Gasteiger charge is 2.12. The zero-order valence-corrected chi connectivity index (χ0v) is 10.1. The van der Waals surface area contributed by atoms with Crippen LogP contribution in [0.25, 0.3) is 22.1 Å². The molecule has 0 spiro atoms. The van der Waals surface area contributed by atoms with E-state index >= 15 is 0 Å². The highest BCUT2D eigenvalue weighted by Crippen LogP contribution is 2.32. The molecule has 1 aromatic heterocycles. The molecule has 0 saturated heterocycles. The van der Waals surface area contributed by atoms with E-state index in [0.29, 0.717) is 5.76 Å². The Labute approximate surface area is 105 Å². The molecule has 2 heteroatoms. The van der Waals surface area contributed by atoms with Gasteiger partial charge in [0.05, 0.1) is 0 Å². The summed E-state index contributed by atoms with van der Waals surface area (Å²) in [6, 6.07) is 18.0. The lowest BCUT2D eigenvalue weighted by Crippen LogP contribution is -1.85. The number of para-hydroxylation sites is 1. The molecule has 1 N–H and O–H groups in total. The SMILES string of the molecule is CC(O)c1cc2cccc(-c3ccccc3)c2o1. The van der Waals surface area contributed by atoms with Crippen LogP contribution in [0.2, 0.25) is 0 Å². The summed E-state index contributed by atoms with van der Waals surface area (Å²) in [5, 5.41) is 10.6. The number of rotatable bonds is 2. The zero-order valence-electron chi connectivity index (χ0n) is 10.1. The van der Waals surface area contributed by atoms with Gasteiger partial charge in [-0.25, -0.2) is 0 Å². The van der Waals surface area contributed by atoms with Gasteiger partial charge in [-0.2, -0.15) is 0 Å². The van der Waals surface area contributed by atoms with Crippen LogP contribution in [0.1, 0.15) is 18.8 Å². The minimum absolute atomic E-state index is 0.582. The highest BCUT2D eigenvalue weighted by atomic mass is 16.4. The van der Waals surface area contributed by atoms with Gasteiger partial charge in [0.1, 0.15) is 17.4 Å². The van der Waals surface area contributed by atoms with Crippen molar-refractivity contribution in [1.82, 2.24) is 0 Å². The molecule has 0 amide bonds. The average molecular weight is 238 g/mol. The molecule has 0 aliphatic rings. The van der Waals surface area contributed by atoms with E-state index in [-0.39, 0.29) is 0 Å². The minimum atomic E-state index is -0.582. The number of hydrogen-bond acceptors (Lipinski definition) is 2. The average Bonchev–Trinajstić information content (AvgIpc) is 2.83. The maximum absolute atomic E-state index is 9.59. The van der Waals surface area contributed by atoms with Crippen LogP contribution >= 0.6 is 0 Å². The van der Waals surface area contributed by atoms with E-state index in [9.17, 15) is 5.11 Å². The molecule has 1 unspecified atom stereocenters. The molecule has 1 atom stereocenters. The van der Waals surface area contributed by atoms with Gasteiger partial charge >= 0.3 is 0 Å². The summed E-state index contributed by atoms with van der Waals surface area (Å²) >= 11 is 0. The van der Waals surface area contributed by atoms with E-state index in [2.05, 4.69) is 12.1 Å². The number of aliphatic hydroxyl groups excluding tert-OH is 1. The quantitative estimate of drug-likeness (QED) is 0.727. The fraction of sp³-hybridized carbons (Fsp3) is 0.125. The molecule has 3 rings (SSSR count). The van der Waals surface area contributed by atoms with Gasteiger partial charge in [0.2, 0.25) is 0 Å². The number of hydrogen-bond donors (Lipinski definition) is 1. The van der Waals surface area contributed by atoms with E-state index < -0.39 is 6.10 Å². The largest absolute Gasteiger partial charge is 0.458 e. The van der Waals surface area contributed by atoms with Gasteiger partial charge < -0.3 is 9.52 Å². The molecule has 0 radical (unpaired) electrons. The molecule has 2 aromatic carbocycles. The molecule has 0 bridgehead atoms. The Morgan fingerprint density at radius 1 is 1.00 bits per heavy atom. The van der Waals surface area contributed by atoms with Gasteiger partial charge in [-0.05, 0) is 18.6 Å². The first-order valence-electron chi connectivity index (χ1n) is 6.01. The van der Waals surface area contributed by atoms with Crippen LogP contribution in [0, 0.1) is 0 Å². The van der Waals surface area contributed by atoms with Crippen LogP contribution in [0.3, 0.4) is 0 Å². The monoisotopic (exact) mass is 238 g/mol. The lowest BCUT2D eigenvalue weighted by atomic mass is 10.0. The van der Waals surface area contributed by atoms with Crippen LogP contribution in [0.4, 0.5) is 0 Å². The second kappa shape index (κ2) is 4.31. The van der Waals surface area contributed by atoms with Crippen molar-refractivity contribution in [3.8, 4) is 11.1 Å². The van der Waals surface area contributed by atoms with Crippen molar-refractivity contribution in [3.63, 3.8) is 0 Å². The topological polar surface area (TPSA) is 33.4 Å². The van der Waals surface area contributed by atoms with Gasteiger partial charge in [0, 0.05) is 10.9 Å². The maximum atomic E-state index is 9.59. The summed E-state index contributed by atoms with van der Waals surface area (Å²) < 4.78 is 5.77. The molecule has 2 nitrogen and oxygen atoms in total. The summed E-state index contributed by atoms with van der Waals surface area (Å²) in [6.45, 7) is 1.71. The van der Waals surface area contributed by atoms with Crippen molar-refractivity contribution in [2.24, 2.45) is 0 Å². The first kappa shape index (κ1) is 11.1. The summed E-state index contributed by atoms with van der Waals surface area (Å²) in [4.78, 5) is 0. The van der Waals surface area contributed by atoms with E-state index in [4.69, 9.17) is 4.42 Å². The van der Waals surface area contributed by atoms with Crippen molar-refractivity contribution in [3.05, 3.63) is 60.4 Å². The third kappa shape index (κ3) is 1.81. The fourth-order valence-electron chi connectivity index (χ4n) is 2.13. The van der Waals surface area contributed by atoms with Crippen LogP contribution < -0.4 is 0 Å². The Bertz CT molecular complexity index is 666. The van der Waals surface area contributed by atoms with Crippen LogP contribution in [-0.2, 0) is 0 Å². The van der Waals surface area contributed by atoms with Crippen molar-refractivity contribution < 1.29 is 9.52 Å². The molecule has 0 saturated carbocycles. The summed E-state index contributed by atoms with van der Waals surface area (Å²) in [5.41, 5.74) is 3.01. The Morgan fingerprint density at radius 2 is 1.78 bits per heavy atom. The lowest BCUT2D eigenvalue weighted by Gasteiger charge is -2.02. The predicted molar refractivity (Wildman–Crippen MR) is 72.3 cm³/mol. The van der Waals surface area contributed by atoms with E-state index in [1.165, 1.54) is 0 Å². The third-order valence-electron chi connectivity index (χ3n) is 3.06. The van der Waals surface area contributed by atoms with Crippen LogP contribution in [0.15, 0.2) is 59.0 Å². The zero-order chi connectivity index (χ0) is 12.5. The third-order valence-corrected chi connectivity index (χ3v) is 3.06. The van der Waals surface area contributed by atoms with Crippen molar-refractivity contribution in [2.75, 3.05) is 0 Å². The van der Waals surface area contributed by atoms with Gasteiger partial charge in [0.25, 0.3) is 0 Å². The summed E-state index contributed by atoms with van der Waals surface area (Å²) in [6.07, 6.45) is -0.582. The summed E-state index contributed by atoms with van der Waals surface area (Å²) in [5.74, 6) is 0.605. The molecule has 3 aromatic rings. The predicted octanol–water partition coefficient (Wildman–Crippen LogP) is 4.15. The Hall–Kier alpha value is -2.06. The van der Waals surface area contributed by atoms with Gasteiger partial charge in [-0.15, -0.1) is 0 Å². The number of furan rings is 1. The van der Waals surface area contributed by atoms with Gasteiger partial charge in [0.15, 0.2) is 0 Å². The Morgan fingerprint density at radius 3 is 2.50 bits per heavy atom. The molecule has 18 heavy (non-hydrogen) atoms. The van der Waals surface area contributed by atoms with Crippen LogP contribution in [0.5, 0.6) is 0 Å². The standard InChI is InChI=1S/C16H14O2/c1-11(17)15-10-13-8-5-9-14(16(13)18-15)12-6-3-2-4-7-12/h2-11,17H,1H3. The second-order valence-electron chi connectivity index (χ2n) is 4.41. The fourth-order valence-corrected chi connectivity index (χ4v) is 2.13. The molecule has 0 aliphatic carbocycles. The first-order valence-corrected chi connectivity index (χ1v) is 6.01. The molecule has 1 heterocycles. The van der Waals surface area contributed by atoms with E-state index in [0.717, 1.165) is 22.1 Å². The van der Waals surface area contributed by atoms with Gasteiger partial charge in [-0.3, -0.25) is 0 Å². The molecular formula is C16H14O2. The molecule has 0 fully saturated rings. The Balaban J connectivity index is 2.24. The molecule has 90 valence electrons. The van der Waals surface area contributed by atoms with E-state index in [1.54, 1.807) is 6.92 Å². The Kier molecular flexibility index (Phi) is 2.65. The van der Waals surface area contributed by atoms with E-state index in [1.807, 2.05) is 42.5 Å². The van der Waals surface area contributed by atoms with Crippen LogP contribution in [-0.4, -0.2) is 5.11 Å². The second-order valence-corrected chi connectivity index (χ2v) is 4.41. The molecular weight excluding hydrogens is 224 g/mol. The number of benzene rings is 2. The highest BCUT2D eigenvalue weighted by molar-refractivity contribution is 5.92. The van der Waals surface area contributed by atoms with Crippen molar-refractivity contribution in [2.45, 2.75) is 13.0 Å². The lowest BCUT2D eigenvalue weighted by molar-refractivity contribution is 0.172. The first-order chi connectivity index (χ1) is 8.75. The number of fused-ring (bicyclic) bond motifs is 1. The number of aliphatic hydroxyl groups is 1. The summed E-state index contributed by atoms with van der Waals surface area (Å²) in [7, 11) is 0. The normalized spacial score (nSPS) is 12.8. The van der Waals surface area contributed by atoms with Crippen molar-refractivity contribution >= 4 is 11.0 Å². The molecule has 0 aliphatic heterocycles.